The fourth-order valence-corrected chi connectivity index (χ4v) is 1.18. The Kier molecular flexibility index (Phi) is 9.51. The summed E-state index contributed by atoms with van der Waals surface area (Å²) in [6, 6.07) is 0. The Morgan fingerprint density at radius 3 is 2.00 bits per heavy atom. The normalized spacial score (nSPS) is 14.0. The van der Waals surface area contributed by atoms with Crippen LogP contribution in [-0.4, -0.2) is 17.9 Å². The van der Waals surface area contributed by atoms with E-state index in [2.05, 4.69) is 0 Å². The number of nitrogens with two attached hydrogens (primary N) is 2. The van der Waals surface area contributed by atoms with E-state index < -0.39 is 5.54 Å². The van der Waals surface area contributed by atoms with Crippen molar-refractivity contribution in [1.29, 1.82) is 0 Å². The predicted molar refractivity (Wildman–Crippen MR) is 57.5 cm³/mol. The molecule has 0 aromatic heterocycles. The van der Waals surface area contributed by atoms with Crippen LogP contribution in [0.3, 0.4) is 0 Å². The number of Topliss-reactive ketones (excluding diaryl/α,β-unsaturated/α-hetero) is 1. The molecule has 0 aromatic carbocycles. The Morgan fingerprint density at radius 2 is 1.77 bits per heavy atom. The molecule has 1 unspecified atom stereocenters. The molecule has 3 heteroatoms. The smallest absolute Gasteiger partial charge is 0.149 e. The maximum Gasteiger partial charge on any atom is 0.149 e. The van der Waals surface area contributed by atoms with E-state index in [1.165, 1.54) is 6.92 Å². The third-order valence-electron chi connectivity index (χ3n) is 1.99. The number of hydrogen-bond donors (Lipinski definition) is 2. The Morgan fingerprint density at radius 1 is 1.31 bits per heavy atom. The molecule has 0 saturated heterocycles. The van der Waals surface area contributed by atoms with Crippen LogP contribution in [0.25, 0.3) is 0 Å². The van der Waals surface area contributed by atoms with E-state index in [1.54, 1.807) is 0 Å². The maximum atomic E-state index is 11.1. The van der Waals surface area contributed by atoms with Crippen molar-refractivity contribution in [2.75, 3.05) is 6.54 Å². The van der Waals surface area contributed by atoms with E-state index in [0.717, 1.165) is 12.8 Å². The lowest BCUT2D eigenvalue weighted by atomic mass is 9.87. The van der Waals surface area contributed by atoms with Crippen molar-refractivity contribution < 1.29 is 4.79 Å². The summed E-state index contributed by atoms with van der Waals surface area (Å²) in [5.41, 5.74) is 10.5. The highest BCUT2D eigenvalue weighted by atomic mass is 16.1. The summed E-state index contributed by atoms with van der Waals surface area (Å²) in [6.45, 7) is 8.03. The van der Waals surface area contributed by atoms with Gasteiger partial charge in [0.15, 0.2) is 0 Å². The van der Waals surface area contributed by atoms with Crippen LogP contribution in [0, 0.1) is 0 Å². The lowest BCUT2D eigenvalue weighted by molar-refractivity contribution is -0.122. The summed E-state index contributed by atoms with van der Waals surface area (Å²) < 4.78 is 0. The van der Waals surface area contributed by atoms with Gasteiger partial charge < -0.3 is 11.5 Å². The first kappa shape index (κ1) is 15.1. The minimum atomic E-state index is -0.663. The van der Waals surface area contributed by atoms with Crippen molar-refractivity contribution in [3.8, 4) is 0 Å². The zero-order valence-electron chi connectivity index (χ0n) is 9.39. The van der Waals surface area contributed by atoms with E-state index in [1.807, 2.05) is 20.8 Å². The van der Waals surface area contributed by atoms with Gasteiger partial charge >= 0.3 is 0 Å². The molecule has 13 heavy (non-hydrogen) atoms. The van der Waals surface area contributed by atoms with Crippen LogP contribution < -0.4 is 11.5 Å². The summed E-state index contributed by atoms with van der Waals surface area (Å²) in [5.74, 6) is 0.0461. The average Bonchev–Trinajstić information content (AvgIpc) is 2.08. The second kappa shape index (κ2) is 8.20. The molecule has 0 radical (unpaired) electrons. The summed E-state index contributed by atoms with van der Waals surface area (Å²) in [4.78, 5) is 11.1. The first-order valence-electron chi connectivity index (χ1n) is 5.07. The highest BCUT2D eigenvalue weighted by Gasteiger charge is 2.27. The van der Waals surface area contributed by atoms with E-state index in [0.29, 0.717) is 13.0 Å². The van der Waals surface area contributed by atoms with Crippen LogP contribution in [0.4, 0.5) is 0 Å². The fourth-order valence-electron chi connectivity index (χ4n) is 1.18. The van der Waals surface area contributed by atoms with Crippen molar-refractivity contribution >= 4 is 5.78 Å². The van der Waals surface area contributed by atoms with Gasteiger partial charge in [-0.25, -0.2) is 0 Å². The van der Waals surface area contributed by atoms with Crippen molar-refractivity contribution in [3.63, 3.8) is 0 Å². The van der Waals surface area contributed by atoms with Crippen LogP contribution in [0.2, 0.25) is 0 Å². The van der Waals surface area contributed by atoms with Crippen molar-refractivity contribution in [1.82, 2.24) is 0 Å². The lowest BCUT2D eigenvalue weighted by Crippen LogP contribution is -2.48. The van der Waals surface area contributed by atoms with Gasteiger partial charge in [0.25, 0.3) is 0 Å². The van der Waals surface area contributed by atoms with Crippen molar-refractivity contribution in [2.24, 2.45) is 11.5 Å². The minimum Gasteiger partial charge on any atom is -0.330 e. The summed E-state index contributed by atoms with van der Waals surface area (Å²) >= 11 is 0. The van der Waals surface area contributed by atoms with E-state index >= 15 is 0 Å². The molecule has 0 saturated carbocycles. The van der Waals surface area contributed by atoms with Gasteiger partial charge in [-0.15, -0.1) is 0 Å². The molecule has 0 heterocycles. The molecule has 0 fully saturated rings. The van der Waals surface area contributed by atoms with Crippen molar-refractivity contribution in [2.45, 2.75) is 52.5 Å². The Bertz CT molecular complexity index is 129. The third-order valence-corrected chi connectivity index (χ3v) is 1.99. The second-order valence-electron chi connectivity index (χ2n) is 3.00. The van der Waals surface area contributed by atoms with Crippen LogP contribution >= 0.6 is 0 Å². The molecule has 0 aliphatic heterocycles. The van der Waals surface area contributed by atoms with Crippen LogP contribution in [0.1, 0.15) is 47.0 Å². The molecule has 0 aliphatic carbocycles. The molecule has 0 aromatic rings. The molecule has 80 valence electrons. The zero-order chi connectivity index (χ0) is 10.9. The monoisotopic (exact) mass is 188 g/mol. The SMILES string of the molecule is CC.CCCC(N)(CCN)C(C)=O. The van der Waals surface area contributed by atoms with Gasteiger partial charge in [0, 0.05) is 0 Å². The number of rotatable bonds is 5. The topological polar surface area (TPSA) is 69.1 Å². The Labute approximate surface area is 81.9 Å². The minimum absolute atomic E-state index is 0.0461. The summed E-state index contributed by atoms with van der Waals surface area (Å²) in [6.07, 6.45) is 2.26. The quantitative estimate of drug-likeness (QED) is 0.686. The number of hydrogen-bond acceptors (Lipinski definition) is 3. The van der Waals surface area contributed by atoms with Gasteiger partial charge in [0.05, 0.1) is 5.54 Å². The standard InChI is InChI=1S/C8H18N2O.C2H6/c1-3-4-8(10,5-6-9)7(2)11;1-2/h3-6,9-10H2,1-2H3;1-2H3. The maximum absolute atomic E-state index is 11.1. The zero-order valence-corrected chi connectivity index (χ0v) is 9.39. The highest BCUT2D eigenvalue weighted by Crippen LogP contribution is 2.14. The van der Waals surface area contributed by atoms with Gasteiger partial charge in [-0.2, -0.15) is 0 Å². The molecule has 0 bridgehead atoms. The van der Waals surface area contributed by atoms with E-state index in [9.17, 15) is 4.79 Å². The fraction of sp³-hybridized carbons (Fsp3) is 0.900. The first-order valence-corrected chi connectivity index (χ1v) is 5.07. The van der Waals surface area contributed by atoms with E-state index in [-0.39, 0.29) is 5.78 Å². The first-order chi connectivity index (χ1) is 6.06. The van der Waals surface area contributed by atoms with Crippen LogP contribution in [0.15, 0.2) is 0 Å². The summed E-state index contributed by atoms with van der Waals surface area (Å²) in [7, 11) is 0. The Hall–Kier alpha value is -0.410. The lowest BCUT2D eigenvalue weighted by Gasteiger charge is -2.25. The van der Waals surface area contributed by atoms with Crippen LogP contribution in [0.5, 0.6) is 0 Å². The molecule has 0 amide bonds. The van der Waals surface area contributed by atoms with Gasteiger partial charge in [0.2, 0.25) is 0 Å². The number of ketones is 1. The summed E-state index contributed by atoms with van der Waals surface area (Å²) in [5, 5.41) is 0. The molecule has 0 rings (SSSR count). The molecule has 0 spiro atoms. The molecular formula is C10H24N2O. The number of carbonyl (C=O) groups excluding carboxylic acids is 1. The molecule has 3 nitrogen and oxygen atoms in total. The highest BCUT2D eigenvalue weighted by molar-refractivity contribution is 5.85. The third kappa shape index (κ3) is 5.77. The van der Waals surface area contributed by atoms with Gasteiger partial charge in [-0.1, -0.05) is 27.2 Å². The number of carbonyl (C=O) groups is 1. The largest absolute Gasteiger partial charge is 0.330 e. The van der Waals surface area contributed by atoms with Crippen LogP contribution in [-0.2, 0) is 4.79 Å². The Balaban J connectivity index is 0. The van der Waals surface area contributed by atoms with Crippen molar-refractivity contribution in [3.05, 3.63) is 0 Å². The van der Waals surface area contributed by atoms with Gasteiger partial charge in [-0.05, 0) is 26.3 Å². The van der Waals surface area contributed by atoms with Gasteiger partial charge in [0.1, 0.15) is 5.78 Å². The molecule has 4 N–H and O–H groups in total. The second-order valence-corrected chi connectivity index (χ2v) is 3.00. The van der Waals surface area contributed by atoms with E-state index in [4.69, 9.17) is 11.5 Å². The average molecular weight is 188 g/mol. The molecular weight excluding hydrogens is 164 g/mol. The predicted octanol–water partition coefficient (Wildman–Crippen LogP) is 1.45. The molecule has 0 aliphatic rings. The molecule has 1 atom stereocenters. The van der Waals surface area contributed by atoms with Gasteiger partial charge in [-0.3, -0.25) is 4.79 Å².